The van der Waals surface area contributed by atoms with Gasteiger partial charge in [0.2, 0.25) is 0 Å². The van der Waals surface area contributed by atoms with Gasteiger partial charge in [0.05, 0.1) is 21.8 Å². The van der Waals surface area contributed by atoms with Gasteiger partial charge in [-0.25, -0.2) is 9.78 Å². The first-order chi connectivity index (χ1) is 13.0. The predicted molar refractivity (Wildman–Crippen MR) is 102 cm³/mol. The Balaban J connectivity index is 1.69. The zero-order chi connectivity index (χ0) is 19.4. The minimum Gasteiger partial charge on any atom is -0.484 e. The highest BCUT2D eigenvalue weighted by Gasteiger charge is 2.13. The second kappa shape index (κ2) is 8.05. The standard InChI is InChI=1S/C20H17ClN2O4/c1-12-15-4-2-3-5-16(15)23-17(19(12)21)10-27-20(25)13-6-8-14(9-7-13)26-11-18(22)24/h2-9H,10-11H2,1H3,(H2,22,24). The Morgan fingerprint density at radius 2 is 1.81 bits per heavy atom. The number of pyridine rings is 1. The predicted octanol–water partition coefficient (Wildman–Crippen LogP) is 3.42. The number of nitrogens with two attached hydrogens (primary N) is 1. The lowest BCUT2D eigenvalue weighted by Gasteiger charge is -2.11. The second-order valence-corrected chi connectivity index (χ2v) is 6.25. The van der Waals surface area contributed by atoms with Gasteiger partial charge in [-0.2, -0.15) is 0 Å². The smallest absolute Gasteiger partial charge is 0.338 e. The van der Waals surface area contributed by atoms with Crippen molar-refractivity contribution in [2.75, 3.05) is 6.61 Å². The molecule has 0 unspecified atom stereocenters. The van der Waals surface area contributed by atoms with Crippen LogP contribution in [0.3, 0.4) is 0 Å². The Morgan fingerprint density at radius 1 is 1.11 bits per heavy atom. The van der Waals surface area contributed by atoms with E-state index in [-0.39, 0.29) is 13.2 Å². The molecule has 0 fully saturated rings. The SMILES string of the molecule is Cc1c(Cl)c(COC(=O)c2ccc(OCC(N)=O)cc2)nc2ccccc12. The molecule has 1 amide bonds. The monoisotopic (exact) mass is 384 g/mol. The molecule has 3 rings (SSSR count). The minimum absolute atomic E-state index is 0.0384. The fourth-order valence-corrected chi connectivity index (χ4v) is 2.77. The van der Waals surface area contributed by atoms with Gasteiger partial charge in [0, 0.05) is 5.39 Å². The third kappa shape index (κ3) is 4.35. The van der Waals surface area contributed by atoms with Crippen LogP contribution >= 0.6 is 11.6 Å². The molecule has 0 aliphatic heterocycles. The molecule has 138 valence electrons. The molecule has 0 aliphatic rings. The molecule has 1 aromatic heterocycles. The van der Waals surface area contributed by atoms with E-state index < -0.39 is 11.9 Å². The molecule has 6 nitrogen and oxygen atoms in total. The zero-order valence-electron chi connectivity index (χ0n) is 14.6. The number of para-hydroxylation sites is 1. The highest BCUT2D eigenvalue weighted by molar-refractivity contribution is 6.32. The Morgan fingerprint density at radius 3 is 2.52 bits per heavy atom. The van der Waals surface area contributed by atoms with Gasteiger partial charge in [-0.3, -0.25) is 4.79 Å². The topological polar surface area (TPSA) is 91.5 Å². The third-order valence-electron chi connectivity index (χ3n) is 3.96. The molecule has 0 saturated heterocycles. The number of benzene rings is 2. The Hall–Kier alpha value is -3.12. The molecule has 2 N–H and O–H groups in total. The number of amides is 1. The van der Waals surface area contributed by atoms with E-state index in [1.807, 2.05) is 31.2 Å². The van der Waals surface area contributed by atoms with Crippen LogP contribution < -0.4 is 10.5 Å². The Labute approximate surface area is 160 Å². The van der Waals surface area contributed by atoms with Crippen molar-refractivity contribution in [3.8, 4) is 5.75 Å². The van der Waals surface area contributed by atoms with Gasteiger partial charge in [-0.05, 0) is 42.8 Å². The minimum atomic E-state index is -0.575. The van der Waals surface area contributed by atoms with Crippen molar-refractivity contribution in [3.63, 3.8) is 0 Å². The number of fused-ring (bicyclic) bond motifs is 1. The van der Waals surface area contributed by atoms with Crippen LogP contribution in [0.15, 0.2) is 48.5 Å². The molecule has 0 atom stereocenters. The quantitative estimate of drug-likeness (QED) is 0.657. The number of carbonyl (C=O) groups excluding carboxylic acids is 2. The molecule has 0 saturated carbocycles. The van der Waals surface area contributed by atoms with E-state index in [0.717, 1.165) is 16.5 Å². The first-order valence-corrected chi connectivity index (χ1v) is 8.55. The number of carbonyl (C=O) groups is 2. The molecule has 2 aromatic carbocycles. The molecule has 0 bridgehead atoms. The average Bonchev–Trinajstić information content (AvgIpc) is 2.68. The van der Waals surface area contributed by atoms with Crippen LogP contribution in [0, 0.1) is 6.92 Å². The third-order valence-corrected chi connectivity index (χ3v) is 4.46. The van der Waals surface area contributed by atoms with Crippen molar-refractivity contribution in [2.45, 2.75) is 13.5 Å². The highest BCUT2D eigenvalue weighted by Crippen LogP contribution is 2.27. The summed E-state index contributed by atoms with van der Waals surface area (Å²) < 4.78 is 10.5. The molecule has 3 aromatic rings. The fraction of sp³-hybridized carbons (Fsp3) is 0.150. The number of ether oxygens (including phenoxy) is 2. The summed E-state index contributed by atoms with van der Waals surface area (Å²) in [5.41, 5.74) is 7.55. The highest BCUT2D eigenvalue weighted by atomic mass is 35.5. The summed E-state index contributed by atoms with van der Waals surface area (Å²) in [6, 6.07) is 13.8. The first kappa shape index (κ1) is 18.7. The van der Waals surface area contributed by atoms with Crippen molar-refractivity contribution >= 4 is 34.4 Å². The lowest BCUT2D eigenvalue weighted by atomic mass is 10.1. The van der Waals surface area contributed by atoms with E-state index in [1.165, 1.54) is 0 Å². The van der Waals surface area contributed by atoms with E-state index in [0.29, 0.717) is 22.0 Å². The summed E-state index contributed by atoms with van der Waals surface area (Å²) in [6.07, 6.45) is 0. The Bertz CT molecular complexity index is 1000. The van der Waals surface area contributed by atoms with Crippen LogP contribution in [0.1, 0.15) is 21.6 Å². The number of aromatic nitrogens is 1. The van der Waals surface area contributed by atoms with Crippen LogP contribution in [-0.2, 0) is 16.1 Å². The summed E-state index contributed by atoms with van der Waals surface area (Å²) in [7, 11) is 0. The van der Waals surface area contributed by atoms with Crippen LogP contribution in [0.25, 0.3) is 10.9 Å². The molecule has 7 heteroatoms. The summed E-state index contributed by atoms with van der Waals surface area (Å²) in [5.74, 6) is -0.658. The number of halogens is 1. The average molecular weight is 385 g/mol. The molecular formula is C20H17ClN2O4. The van der Waals surface area contributed by atoms with Crippen molar-refractivity contribution < 1.29 is 19.1 Å². The van der Waals surface area contributed by atoms with Crippen molar-refractivity contribution in [3.05, 3.63) is 70.4 Å². The zero-order valence-corrected chi connectivity index (χ0v) is 15.3. The summed E-state index contributed by atoms with van der Waals surface area (Å²) in [5, 5.41) is 1.45. The largest absolute Gasteiger partial charge is 0.484 e. The molecule has 27 heavy (non-hydrogen) atoms. The number of hydrogen-bond donors (Lipinski definition) is 1. The number of esters is 1. The number of hydrogen-bond acceptors (Lipinski definition) is 5. The van der Waals surface area contributed by atoms with Crippen molar-refractivity contribution in [1.82, 2.24) is 4.98 Å². The lowest BCUT2D eigenvalue weighted by Crippen LogP contribution is -2.20. The number of primary amides is 1. The molecule has 0 aliphatic carbocycles. The maximum absolute atomic E-state index is 12.2. The van der Waals surface area contributed by atoms with Gasteiger partial charge in [0.25, 0.3) is 5.91 Å². The molecule has 0 spiro atoms. The van der Waals surface area contributed by atoms with E-state index >= 15 is 0 Å². The van der Waals surface area contributed by atoms with E-state index in [4.69, 9.17) is 26.8 Å². The fourth-order valence-electron chi connectivity index (χ4n) is 2.57. The van der Waals surface area contributed by atoms with Crippen LogP contribution in [0.2, 0.25) is 5.02 Å². The van der Waals surface area contributed by atoms with Crippen LogP contribution in [-0.4, -0.2) is 23.5 Å². The van der Waals surface area contributed by atoms with Crippen LogP contribution in [0.5, 0.6) is 5.75 Å². The maximum atomic E-state index is 12.2. The van der Waals surface area contributed by atoms with Gasteiger partial charge in [-0.15, -0.1) is 0 Å². The van der Waals surface area contributed by atoms with E-state index in [1.54, 1.807) is 24.3 Å². The summed E-state index contributed by atoms with van der Waals surface area (Å²) in [4.78, 5) is 27.4. The van der Waals surface area contributed by atoms with Gasteiger partial charge in [0.15, 0.2) is 6.61 Å². The molecule has 0 radical (unpaired) electrons. The van der Waals surface area contributed by atoms with Gasteiger partial charge < -0.3 is 15.2 Å². The van der Waals surface area contributed by atoms with Crippen LogP contribution in [0.4, 0.5) is 0 Å². The van der Waals surface area contributed by atoms with Gasteiger partial charge >= 0.3 is 5.97 Å². The molecule has 1 heterocycles. The normalized spacial score (nSPS) is 10.6. The maximum Gasteiger partial charge on any atom is 0.338 e. The van der Waals surface area contributed by atoms with Gasteiger partial charge in [-0.1, -0.05) is 29.8 Å². The van der Waals surface area contributed by atoms with Crippen molar-refractivity contribution in [1.29, 1.82) is 0 Å². The summed E-state index contributed by atoms with van der Waals surface area (Å²) in [6.45, 7) is 1.64. The number of aryl methyl sites for hydroxylation is 1. The van der Waals surface area contributed by atoms with Gasteiger partial charge in [0.1, 0.15) is 12.4 Å². The number of nitrogens with zero attached hydrogens (tertiary/aromatic N) is 1. The summed E-state index contributed by atoms with van der Waals surface area (Å²) >= 11 is 6.37. The first-order valence-electron chi connectivity index (χ1n) is 8.17. The second-order valence-electron chi connectivity index (χ2n) is 5.87. The van der Waals surface area contributed by atoms with E-state index in [2.05, 4.69) is 4.98 Å². The van der Waals surface area contributed by atoms with Crippen molar-refractivity contribution in [2.24, 2.45) is 5.73 Å². The lowest BCUT2D eigenvalue weighted by molar-refractivity contribution is -0.119. The number of rotatable bonds is 6. The van der Waals surface area contributed by atoms with E-state index in [9.17, 15) is 9.59 Å². The Kier molecular flexibility index (Phi) is 5.57. The molecular weight excluding hydrogens is 368 g/mol.